The summed E-state index contributed by atoms with van der Waals surface area (Å²) >= 11 is 1.89. The lowest BCUT2D eigenvalue weighted by Crippen LogP contribution is -2.49. The van der Waals surface area contributed by atoms with Gasteiger partial charge in [-0.2, -0.15) is 11.8 Å². The highest BCUT2D eigenvalue weighted by Crippen LogP contribution is 2.32. The molecule has 0 spiro atoms. The fourth-order valence-electron chi connectivity index (χ4n) is 2.86. The van der Waals surface area contributed by atoms with Crippen molar-refractivity contribution in [3.8, 4) is 5.75 Å². The second-order valence-corrected chi connectivity index (χ2v) is 7.66. The molecule has 5 nitrogen and oxygen atoms in total. The Labute approximate surface area is 160 Å². The van der Waals surface area contributed by atoms with Crippen LogP contribution in [0.5, 0.6) is 5.75 Å². The molecule has 1 aliphatic heterocycles. The lowest BCUT2D eigenvalue weighted by molar-refractivity contribution is 0.0782. The van der Waals surface area contributed by atoms with Gasteiger partial charge in [0.25, 0.3) is 0 Å². The summed E-state index contributed by atoms with van der Waals surface area (Å²) in [6.07, 6.45) is 4.85. The van der Waals surface area contributed by atoms with Crippen molar-refractivity contribution >= 4 is 17.7 Å². The number of para-hydroxylation sites is 1. The van der Waals surface area contributed by atoms with Crippen molar-refractivity contribution in [1.29, 1.82) is 0 Å². The van der Waals surface area contributed by atoms with Crippen LogP contribution in [0.1, 0.15) is 26.2 Å². The van der Waals surface area contributed by atoms with Crippen LogP contribution >= 0.6 is 11.8 Å². The van der Waals surface area contributed by atoms with Crippen LogP contribution in [-0.4, -0.2) is 56.4 Å². The number of ether oxygens (including phenoxy) is 2. The van der Waals surface area contributed by atoms with Crippen LogP contribution in [0.25, 0.3) is 0 Å². The minimum absolute atomic E-state index is 0.136. The number of hydrogen-bond acceptors (Lipinski definition) is 4. The largest absolute Gasteiger partial charge is 0.486 e. The van der Waals surface area contributed by atoms with Crippen LogP contribution in [0.2, 0.25) is 0 Å². The summed E-state index contributed by atoms with van der Waals surface area (Å²) in [5.74, 6) is 0.683. The smallest absolute Gasteiger partial charge is 0.191 e. The predicted molar refractivity (Wildman–Crippen MR) is 107 cm³/mol. The van der Waals surface area contributed by atoms with Crippen LogP contribution in [0, 0.1) is 5.82 Å². The van der Waals surface area contributed by atoms with Gasteiger partial charge in [0.1, 0.15) is 6.10 Å². The number of aliphatic imine (C=N–C) groups is 1. The number of halogens is 1. The van der Waals surface area contributed by atoms with Gasteiger partial charge in [-0.15, -0.1) is 0 Å². The molecular formula is C19H30FN3O2S. The summed E-state index contributed by atoms with van der Waals surface area (Å²) in [5.41, 5.74) is 0. The van der Waals surface area contributed by atoms with Gasteiger partial charge in [-0.05, 0) is 37.7 Å². The van der Waals surface area contributed by atoms with E-state index in [2.05, 4.69) is 21.9 Å². The topological polar surface area (TPSA) is 54.9 Å². The Kier molecular flexibility index (Phi) is 8.51. The highest BCUT2D eigenvalue weighted by molar-refractivity contribution is 8.00. The summed E-state index contributed by atoms with van der Waals surface area (Å²) < 4.78 is 25.2. The molecule has 0 aliphatic carbocycles. The molecule has 1 saturated heterocycles. The SMILES string of the molecule is CCC(CNC(=NC)NCC1(SC)CCOCC1)Oc1ccccc1F. The van der Waals surface area contributed by atoms with E-state index in [9.17, 15) is 4.39 Å². The van der Waals surface area contributed by atoms with Crippen molar-refractivity contribution in [2.45, 2.75) is 37.0 Å². The monoisotopic (exact) mass is 383 g/mol. The first-order chi connectivity index (χ1) is 12.6. The molecule has 26 heavy (non-hydrogen) atoms. The zero-order chi connectivity index (χ0) is 18.8. The highest BCUT2D eigenvalue weighted by Gasteiger charge is 2.31. The molecule has 0 amide bonds. The van der Waals surface area contributed by atoms with Gasteiger partial charge in [0, 0.05) is 31.6 Å². The van der Waals surface area contributed by atoms with Gasteiger partial charge in [-0.25, -0.2) is 4.39 Å². The number of guanidine groups is 1. The Morgan fingerprint density at radius 2 is 2.08 bits per heavy atom. The van der Waals surface area contributed by atoms with E-state index in [0.717, 1.165) is 45.0 Å². The van der Waals surface area contributed by atoms with Gasteiger partial charge in [0.05, 0.1) is 6.54 Å². The third-order valence-electron chi connectivity index (χ3n) is 4.72. The maximum atomic E-state index is 13.8. The van der Waals surface area contributed by atoms with Crippen LogP contribution in [0.4, 0.5) is 4.39 Å². The second kappa shape index (κ2) is 10.6. The van der Waals surface area contributed by atoms with E-state index < -0.39 is 0 Å². The lowest BCUT2D eigenvalue weighted by Gasteiger charge is -2.36. The van der Waals surface area contributed by atoms with Crippen molar-refractivity contribution in [3.63, 3.8) is 0 Å². The van der Waals surface area contributed by atoms with Gasteiger partial charge < -0.3 is 20.1 Å². The van der Waals surface area contributed by atoms with Crippen molar-refractivity contribution in [1.82, 2.24) is 10.6 Å². The molecule has 1 aromatic rings. The minimum atomic E-state index is -0.338. The van der Waals surface area contributed by atoms with E-state index in [-0.39, 0.29) is 22.4 Å². The van der Waals surface area contributed by atoms with Crippen LogP contribution in [0.15, 0.2) is 29.3 Å². The van der Waals surface area contributed by atoms with Gasteiger partial charge in [-0.3, -0.25) is 4.99 Å². The Hall–Kier alpha value is -1.47. The average molecular weight is 384 g/mol. The minimum Gasteiger partial charge on any atom is -0.486 e. The zero-order valence-corrected chi connectivity index (χ0v) is 16.7. The molecule has 146 valence electrons. The molecule has 1 aliphatic rings. The van der Waals surface area contributed by atoms with E-state index in [4.69, 9.17) is 9.47 Å². The van der Waals surface area contributed by atoms with E-state index in [1.807, 2.05) is 18.7 Å². The number of rotatable bonds is 8. The molecule has 0 aromatic heterocycles. The quantitative estimate of drug-likeness (QED) is 0.534. The molecule has 2 N–H and O–H groups in total. The van der Waals surface area contributed by atoms with Crippen LogP contribution in [0.3, 0.4) is 0 Å². The first-order valence-corrected chi connectivity index (χ1v) is 10.3. The fraction of sp³-hybridized carbons (Fsp3) is 0.632. The molecule has 0 saturated carbocycles. The summed E-state index contributed by atoms with van der Waals surface area (Å²) in [5, 5.41) is 6.71. The van der Waals surface area contributed by atoms with Crippen molar-refractivity contribution in [2.75, 3.05) is 39.6 Å². The molecule has 1 heterocycles. The summed E-state index contributed by atoms with van der Waals surface area (Å²) in [6, 6.07) is 6.49. The van der Waals surface area contributed by atoms with Crippen molar-refractivity contribution in [2.24, 2.45) is 4.99 Å². The lowest BCUT2D eigenvalue weighted by atomic mass is 9.99. The van der Waals surface area contributed by atoms with Crippen molar-refractivity contribution in [3.05, 3.63) is 30.1 Å². The maximum Gasteiger partial charge on any atom is 0.191 e. The molecule has 7 heteroatoms. The van der Waals surface area contributed by atoms with Gasteiger partial charge in [0.2, 0.25) is 0 Å². The summed E-state index contributed by atoms with van der Waals surface area (Å²) in [7, 11) is 1.75. The molecule has 1 unspecified atom stereocenters. The number of thioether (sulfide) groups is 1. The molecule has 1 aromatic carbocycles. The zero-order valence-electron chi connectivity index (χ0n) is 15.9. The molecule has 1 fully saturated rings. The summed E-state index contributed by atoms with van der Waals surface area (Å²) in [4.78, 5) is 4.29. The number of benzene rings is 1. The third-order valence-corrected chi connectivity index (χ3v) is 6.14. The van der Waals surface area contributed by atoms with Crippen LogP contribution < -0.4 is 15.4 Å². The second-order valence-electron chi connectivity index (χ2n) is 6.38. The Balaban J connectivity index is 1.84. The maximum absolute atomic E-state index is 13.8. The Morgan fingerprint density at radius 3 is 2.69 bits per heavy atom. The summed E-state index contributed by atoms with van der Waals surface area (Å²) in [6.45, 7) is 5.03. The van der Waals surface area contributed by atoms with Gasteiger partial charge in [-0.1, -0.05) is 19.1 Å². The van der Waals surface area contributed by atoms with Gasteiger partial charge in [0.15, 0.2) is 17.5 Å². The van der Waals surface area contributed by atoms with E-state index in [1.54, 1.807) is 25.2 Å². The Bertz CT molecular complexity index is 580. The number of nitrogens with zero attached hydrogens (tertiary/aromatic N) is 1. The Morgan fingerprint density at radius 1 is 1.35 bits per heavy atom. The predicted octanol–water partition coefficient (Wildman–Crippen LogP) is 3.06. The van der Waals surface area contributed by atoms with E-state index >= 15 is 0 Å². The van der Waals surface area contributed by atoms with Crippen LogP contribution in [-0.2, 0) is 4.74 Å². The number of nitrogens with one attached hydrogen (secondary N) is 2. The molecule has 0 radical (unpaired) electrons. The molecule has 2 rings (SSSR count). The first-order valence-electron chi connectivity index (χ1n) is 9.11. The van der Waals surface area contributed by atoms with E-state index in [1.165, 1.54) is 6.07 Å². The normalized spacial score (nSPS) is 18.2. The molecule has 0 bridgehead atoms. The first kappa shape index (κ1) is 20.8. The third kappa shape index (κ3) is 6.06. The highest BCUT2D eigenvalue weighted by atomic mass is 32.2. The van der Waals surface area contributed by atoms with E-state index in [0.29, 0.717) is 6.54 Å². The fourth-order valence-corrected chi connectivity index (χ4v) is 3.65. The molecule has 1 atom stereocenters. The van der Waals surface area contributed by atoms with Gasteiger partial charge >= 0.3 is 0 Å². The number of hydrogen-bond donors (Lipinski definition) is 2. The average Bonchev–Trinajstić information content (AvgIpc) is 2.69. The standard InChI is InChI=1S/C19H30FN3O2S/c1-4-15(25-17-8-6-5-7-16(17)20)13-22-18(21-2)23-14-19(26-3)9-11-24-12-10-19/h5-8,15H,4,9-14H2,1-3H3,(H2,21,22,23). The van der Waals surface area contributed by atoms with Crippen molar-refractivity contribution < 1.29 is 13.9 Å². The molecular weight excluding hydrogens is 353 g/mol.